The molecule has 0 radical (unpaired) electrons. The number of amides is 1. The van der Waals surface area contributed by atoms with Crippen molar-refractivity contribution in [2.75, 3.05) is 5.32 Å². The zero-order valence-electron chi connectivity index (χ0n) is 12.3. The molecule has 0 bridgehead atoms. The summed E-state index contributed by atoms with van der Waals surface area (Å²) in [6.45, 7) is 1.33. The topological polar surface area (TPSA) is 55.4 Å². The minimum atomic E-state index is -0.416. The fourth-order valence-corrected chi connectivity index (χ4v) is 3.93. The van der Waals surface area contributed by atoms with Crippen LogP contribution in [-0.4, -0.2) is 11.9 Å². The lowest BCUT2D eigenvalue weighted by Gasteiger charge is -2.08. The lowest BCUT2D eigenvalue weighted by Crippen LogP contribution is -2.04. The number of carbonyl (C=O) groups excluding carboxylic acids is 2. The van der Waals surface area contributed by atoms with E-state index in [1.54, 1.807) is 36.4 Å². The fraction of sp³-hybridized carbons (Fsp3) is 0.0588. The molecule has 1 aliphatic rings. The summed E-state index contributed by atoms with van der Waals surface area (Å²) in [5, 5.41) is 3.36. The molecule has 2 aromatic carbocycles. The Morgan fingerprint density at radius 2 is 1.88 bits per heavy atom. The molecule has 0 atom stereocenters. The van der Waals surface area contributed by atoms with E-state index >= 15 is 0 Å². The molecule has 0 saturated carbocycles. The van der Waals surface area contributed by atoms with Crippen LogP contribution in [0.15, 0.2) is 39.3 Å². The van der Waals surface area contributed by atoms with Gasteiger partial charge in [0.05, 0.1) is 8.95 Å². The number of anilines is 1. The quantitative estimate of drug-likeness (QED) is 0.368. The van der Waals surface area contributed by atoms with Gasteiger partial charge in [0, 0.05) is 28.8 Å². The van der Waals surface area contributed by atoms with E-state index in [4.69, 9.17) is 16.3 Å². The zero-order chi connectivity index (χ0) is 17.4. The van der Waals surface area contributed by atoms with Gasteiger partial charge in [-0.3, -0.25) is 9.59 Å². The van der Waals surface area contributed by atoms with Gasteiger partial charge in [0.15, 0.2) is 5.75 Å². The van der Waals surface area contributed by atoms with Crippen molar-refractivity contribution in [2.45, 2.75) is 6.92 Å². The minimum Gasteiger partial charge on any atom is -0.424 e. The van der Waals surface area contributed by atoms with Gasteiger partial charge in [-0.1, -0.05) is 11.6 Å². The molecule has 0 saturated heterocycles. The second-order valence-electron chi connectivity index (χ2n) is 5.11. The molecule has 0 aliphatic carbocycles. The largest absolute Gasteiger partial charge is 0.424 e. The minimum absolute atomic E-state index is 0.191. The lowest BCUT2D eigenvalue weighted by atomic mass is 10.0. The summed E-state index contributed by atoms with van der Waals surface area (Å²) in [7, 11) is 0. The first-order valence-electron chi connectivity index (χ1n) is 6.85. The molecule has 2 aromatic rings. The van der Waals surface area contributed by atoms with Gasteiger partial charge in [0.25, 0.3) is 5.91 Å². The molecule has 0 fully saturated rings. The van der Waals surface area contributed by atoms with Gasteiger partial charge >= 0.3 is 5.97 Å². The first kappa shape index (κ1) is 17.2. The van der Waals surface area contributed by atoms with E-state index in [0.29, 0.717) is 25.3 Å². The van der Waals surface area contributed by atoms with Crippen molar-refractivity contribution in [3.8, 4) is 5.75 Å². The Morgan fingerprint density at radius 1 is 1.21 bits per heavy atom. The Kier molecular flexibility index (Phi) is 4.80. The van der Waals surface area contributed by atoms with Crippen molar-refractivity contribution in [1.29, 1.82) is 0 Å². The zero-order valence-corrected chi connectivity index (χ0v) is 16.3. The number of esters is 1. The van der Waals surface area contributed by atoms with Gasteiger partial charge in [-0.05, 0) is 73.8 Å². The van der Waals surface area contributed by atoms with Crippen LogP contribution in [0.3, 0.4) is 0 Å². The van der Waals surface area contributed by atoms with Crippen molar-refractivity contribution < 1.29 is 14.3 Å². The van der Waals surface area contributed by atoms with E-state index in [0.717, 1.165) is 16.8 Å². The molecule has 1 N–H and O–H groups in total. The fourth-order valence-electron chi connectivity index (χ4n) is 2.37. The number of ether oxygens (including phenoxy) is 1. The highest BCUT2D eigenvalue weighted by Crippen LogP contribution is 2.38. The number of carbonyl (C=O) groups is 2. The van der Waals surface area contributed by atoms with Crippen LogP contribution < -0.4 is 10.1 Å². The number of hydrogen-bond donors (Lipinski definition) is 1. The number of benzene rings is 2. The number of halogens is 3. The smallest absolute Gasteiger partial charge is 0.308 e. The van der Waals surface area contributed by atoms with Gasteiger partial charge in [-0.2, -0.15) is 0 Å². The molecule has 0 aromatic heterocycles. The highest BCUT2D eigenvalue weighted by molar-refractivity contribution is 9.11. The van der Waals surface area contributed by atoms with Crippen molar-refractivity contribution in [2.24, 2.45) is 0 Å². The van der Waals surface area contributed by atoms with Gasteiger partial charge in [0.1, 0.15) is 0 Å². The third-order valence-electron chi connectivity index (χ3n) is 3.34. The Balaban J connectivity index is 2.05. The van der Waals surface area contributed by atoms with Crippen molar-refractivity contribution in [3.05, 3.63) is 55.4 Å². The van der Waals surface area contributed by atoms with Gasteiger partial charge < -0.3 is 10.1 Å². The van der Waals surface area contributed by atoms with Gasteiger partial charge in [-0.15, -0.1) is 0 Å². The number of fused-ring (bicyclic) bond motifs is 1. The Hall–Kier alpha value is -1.63. The summed E-state index contributed by atoms with van der Waals surface area (Å²) >= 11 is 12.8. The van der Waals surface area contributed by atoms with Crippen LogP contribution in [0.4, 0.5) is 5.69 Å². The number of rotatable bonds is 2. The van der Waals surface area contributed by atoms with Gasteiger partial charge in [0.2, 0.25) is 0 Å². The third-order valence-corrected chi connectivity index (χ3v) is 4.76. The molecule has 4 nitrogen and oxygen atoms in total. The maximum atomic E-state index is 12.2. The predicted molar refractivity (Wildman–Crippen MR) is 101 cm³/mol. The summed E-state index contributed by atoms with van der Waals surface area (Å²) < 4.78 is 6.34. The average molecular weight is 472 g/mol. The monoisotopic (exact) mass is 469 g/mol. The molecule has 1 aliphatic heterocycles. The van der Waals surface area contributed by atoms with Crippen LogP contribution in [-0.2, 0) is 9.59 Å². The Labute approximate surface area is 160 Å². The highest BCUT2D eigenvalue weighted by Gasteiger charge is 2.24. The molecule has 0 unspecified atom stereocenters. The maximum Gasteiger partial charge on any atom is 0.308 e. The van der Waals surface area contributed by atoms with Crippen molar-refractivity contribution in [1.82, 2.24) is 0 Å². The van der Waals surface area contributed by atoms with Crippen LogP contribution in [0.1, 0.15) is 18.1 Å². The molecule has 1 heterocycles. The highest BCUT2D eigenvalue weighted by atomic mass is 79.9. The third kappa shape index (κ3) is 3.41. The lowest BCUT2D eigenvalue weighted by molar-refractivity contribution is -0.132. The van der Waals surface area contributed by atoms with Crippen molar-refractivity contribution >= 4 is 72.7 Å². The summed E-state index contributed by atoms with van der Waals surface area (Å²) in [6, 6.07) is 8.78. The van der Waals surface area contributed by atoms with E-state index in [2.05, 4.69) is 37.2 Å². The van der Waals surface area contributed by atoms with Crippen LogP contribution in [0.25, 0.3) is 11.6 Å². The molecule has 7 heteroatoms. The van der Waals surface area contributed by atoms with Crippen LogP contribution >= 0.6 is 43.5 Å². The number of hydrogen-bond acceptors (Lipinski definition) is 3. The molecule has 122 valence electrons. The summed E-state index contributed by atoms with van der Waals surface area (Å²) in [5.74, 6) is -0.214. The molecular weight excluding hydrogens is 461 g/mol. The first-order chi connectivity index (χ1) is 11.3. The second-order valence-corrected chi connectivity index (χ2v) is 7.25. The first-order valence-corrected chi connectivity index (χ1v) is 8.82. The van der Waals surface area contributed by atoms with Crippen molar-refractivity contribution in [3.63, 3.8) is 0 Å². The van der Waals surface area contributed by atoms with Crippen LogP contribution in [0.2, 0.25) is 5.02 Å². The Morgan fingerprint density at radius 3 is 2.50 bits per heavy atom. The normalized spacial score (nSPS) is 14.5. The van der Waals surface area contributed by atoms with Gasteiger partial charge in [-0.25, -0.2) is 0 Å². The van der Waals surface area contributed by atoms with Crippen LogP contribution in [0.5, 0.6) is 5.75 Å². The van der Waals surface area contributed by atoms with E-state index in [-0.39, 0.29) is 5.91 Å². The molecule has 3 rings (SSSR count). The van der Waals surface area contributed by atoms with E-state index in [9.17, 15) is 9.59 Å². The summed E-state index contributed by atoms with van der Waals surface area (Å²) in [6.07, 6.45) is 1.75. The van der Waals surface area contributed by atoms with Crippen LogP contribution in [0, 0.1) is 0 Å². The van der Waals surface area contributed by atoms with E-state index < -0.39 is 5.97 Å². The van der Waals surface area contributed by atoms with E-state index in [1.807, 2.05) is 0 Å². The average Bonchev–Trinajstić information content (AvgIpc) is 2.79. The molecule has 0 spiro atoms. The second kappa shape index (κ2) is 6.70. The maximum absolute atomic E-state index is 12.2. The SMILES string of the molecule is CC(=O)Oc1c(Br)cc(/C=C2\C(=O)Nc3ccc(Cl)cc32)cc1Br. The molecular formula is C17H10Br2ClNO3. The summed E-state index contributed by atoms with van der Waals surface area (Å²) in [5.41, 5.74) is 2.77. The predicted octanol–water partition coefficient (Wildman–Crippen LogP) is 5.28. The molecule has 1 amide bonds. The number of nitrogens with one attached hydrogen (secondary N) is 1. The standard InChI is InChI=1S/C17H10Br2ClNO3/c1-8(22)24-16-13(18)5-9(6-14(16)19)4-12-11-7-10(20)2-3-15(11)21-17(12)23/h2-7H,1H3,(H,21,23)/b12-4-. The molecule has 24 heavy (non-hydrogen) atoms. The van der Waals surface area contributed by atoms with E-state index in [1.165, 1.54) is 6.92 Å². The Bertz CT molecular complexity index is 886. The summed E-state index contributed by atoms with van der Waals surface area (Å²) in [4.78, 5) is 23.4.